The molecule has 0 saturated carbocycles. The molecule has 0 spiro atoms. The van der Waals surface area contributed by atoms with Crippen LogP contribution >= 0.6 is 0 Å². The number of halogens is 2. The maximum atomic E-state index is 13.9. The molecule has 2 rings (SSSR count). The van der Waals surface area contributed by atoms with Crippen molar-refractivity contribution in [3.63, 3.8) is 0 Å². The van der Waals surface area contributed by atoms with Gasteiger partial charge in [-0.25, -0.2) is 22.0 Å². The number of sulfone groups is 1. The van der Waals surface area contributed by atoms with Gasteiger partial charge in [-0.15, -0.1) is 0 Å². The molecule has 1 aliphatic heterocycles. The van der Waals surface area contributed by atoms with Gasteiger partial charge in [0.1, 0.15) is 17.3 Å². The van der Waals surface area contributed by atoms with E-state index in [1.807, 2.05) is 0 Å². The van der Waals surface area contributed by atoms with E-state index in [0.717, 1.165) is 12.1 Å². The number of benzene rings is 1. The van der Waals surface area contributed by atoms with E-state index in [0.29, 0.717) is 6.42 Å². The highest BCUT2D eigenvalue weighted by Gasteiger charge is 2.33. The summed E-state index contributed by atoms with van der Waals surface area (Å²) in [6.07, 6.45) is 0.290. The number of hydrogen-bond donors (Lipinski definition) is 1. The molecule has 1 fully saturated rings. The van der Waals surface area contributed by atoms with E-state index in [1.54, 1.807) is 0 Å². The number of carboxylic acid groups (broad SMARTS) is 1. The molecule has 0 aromatic heterocycles. The van der Waals surface area contributed by atoms with E-state index in [9.17, 15) is 22.0 Å². The van der Waals surface area contributed by atoms with Gasteiger partial charge in [-0.2, -0.15) is 0 Å². The van der Waals surface area contributed by atoms with E-state index >= 15 is 0 Å². The molecule has 1 aromatic carbocycles. The third-order valence-corrected chi connectivity index (χ3v) is 5.12. The van der Waals surface area contributed by atoms with Crippen molar-refractivity contribution in [3.8, 4) is 0 Å². The summed E-state index contributed by atoms with van der Waals surface area (Å²) in [7, 11) is -1.78. The van der Waals surface area contributed by atoms with E-state index in [4.69, 9.17) is 5.11 Å². The van der Waals surface area contributed by atoms with Gasteiger partial charge >= 0.3 is 5.97 Å². The normalized spacial score (nSPS) is 20.9. The van der Waals surface area contributed by atoms with E-state index < -0.39 is 44.7 Å². The fourth-order valence-electron chi connectivity index (χ4n) is 2.29. The molecule has 1 N–H and O–H groups in total. The number of anilines is 1. The first-order valence-electron chi connectivity index (χ1n) is 5.87. The minimum absolute atomic E-state index is 0.0154. The monoisotopic (exact) mass is 305 g/mol. The number of carbonyl (C=O) groups is 1. The first kappa shape index (κ1) is 14.7. The van der Waals surface area contributed by atoms with Crippen LogP contribution in [0.25, 0.3) is 0 Å². The molecule has 110 valence electrons. The Kier molecular flexibility index (Phi) is 3.68. The maximum Gasteiger partial charge on any atom is 0.335 e. The van der Waals surface area contributed by atoms with Crippen LogP contribution in [0.4, 0.5) is 14.5 Å². The van der Waals surface area contributed by atoms with Gasteiger partial charge in [0.2, 0.25) is 0 Å². The number of aromatic carboxylic acids is 1. The number of hydrogen-bond acceptors (Lipinski definition) is 4. The van der Waals surface area contributed by atoms with E-state index in [2.05, 4.69) is 0 Å². The minimum atomic E-state index is -3.18. The molecule has 1 aliphatic rings. The van der Waals surface area contributed by atoms with Crippen molar-refractivity contribution in [1.29, 1.82) is 0 Å². The van der Waals surface area contributed by atoms with Crippen molar-refractivity contribution < 1.29 is 27.1 Å². The first-order chi connectivity index (χ1) is 9.21. The molecule has 1 saturated heterocycles. The zero-order chi connectivity index (χ0) is 15.1. The van der Waals surface area contributed by atoms with Crippen LogP contribution in [0.1, 0.15) is 16.8 Å². The zero-order valence-electron chi connectivity index (χ0n) is 10.6. The van der Waals surface area contributed by atoms with Gasteiger partial charge in [0.25, 0.3) is 0 Å². The summed E-state index contributed by atoms with van der Waals surface area (Å²) in [5.41, 5.74) is -0.895. The van der Waals surface area contributed by atoms with E-state index in [-0.39, 0.29) is 11.5 Å². The topological polar surface area (TPSA) is 74.7 Å². The van der Waals surface area contributed by atoms with Crippen LogP contribution in [0.5, 0.6) is 0 Å². The van der Waals surface area contributed by atoms with Crippen molar-refractivity contribution in [3.05, 3.63) is 29.3 Å². The van der Waals surface area contributed by atoms with Crippen LogP contribution in [0.2, 0.25) is 0 Å². The van der Waals surface area contributed by atoms with Crippen LogP contribution in [0, 0.1) is 11.6 Å². The van der Waals surface area contributed by atoms with Crippen LogP contribution in [0.15, 0.2) is 12.1 Å². The summed E-state index contributed by atoms with van der Waals surface area (Å²) in [5, 5.41) is 8.72. The molecule has 0 amide bonds. The third kappa shape index (κ3) is 2.74. The Morgan fingerprint density at radius 1 is 1.35 bits per heavy atom. The van der Waals surface area contributed by atoms with Crippen molar-refractivity contribution in [2.24, 2.45) is 0 Å². The second-order valence-electron chi connectivity index (χ2n) is 4.76. The van der Waals surface area contributed by atoms with Crippen molar-refractivity contribution >= 4 is 21.5 Å². The smallest absolute Gasteiger partial charge is 0.335 e. The Hall–Kier alpha value is -1.70. The van der Waals surface area contributed by atoms with Gasteiger partial charge in [0, 0.05) is 13.1 Å². The van der Waals surface area contributed by atoms with Crippen molar-refractivity contribution in [1.82, 2.24) is 0 Å². The highest BCUT2D eigenvalue weighted by atomic mass is 32.2. The molecule has 0 bridgehead atoms. The Morgan fingerprint density at radius 3 is 2.30 bits per heavy atom. The lowest BCUT2D eigenvalue weighted by Crippen LogP contribution is -2.34. The molecule has 1 unspecified atom stereocenters. The molecule has 20 heavy (non-hydrogen) atoms. The summed E-state index contributed by atoms with van der Waals surface area (Å²) in [6.45, 7) is 0. The Bertz CT molecular complexity index is 636. The Balaban J connectivity index is 2.36. The second-order valence-corrected chi connectivity index (χ2v) is 6.99. The largest absolute Gasteiger partial charge is 0.478 e. The average Bonchev–Trinajstić information content (AvgIpc) is 2.68. The minimum Gasteiger partial charge on any atom is -0.478 e. The lowest BCUT2D eigenvalue weighted by molar-refractivity contribution is 0.0695. The summed E-state index contributed by atoms with van der Waals surface area (Å²) in [6, 6.07) is 0.932. The van der Waals surface area contributed by atoms with Crippen molar-refractivity contribution in [2.45, 2.75) is 12.5 Å². The molecule has 1 aromatic rings. The summed E-state index contributed by atoms with van der Waals surface area (Å²) in [5.74, 6) is -3.65. The lowest BCUT2D eigenvalue weighted by atomic mass is 10.1. The molecule has 1 heterocycles. The third-order valence-electron chi connectivity index (χ3n) is 3.37. The van der Waals surface area contributed by atoms with E-state index in [1.165, 1.54) is 11.9 Å². The van der Waals surface area contributed by atoms with Crippen LogP contribution < -0.4 is 4.90 Å². The molecule has 5 nitrogen and oxygen atoms in total. The summed E-state index contributed by atoms with van der Waals surface area (Å²) in [4.78, 5) is 11.9. The predicted octanol–water partition coefficient (Wildman–Crippen LogP) is 1.29. The summed E-state index contributed by atoms with van der Waals surface area (Å²) < 4.78 is 50.5. The molecule has 0 radical (unpaired) electrons. The van der Waals surface area contributed by atoms with Gasteiger partial charge < -0.3 is 10.0 Å². The molecule has 8 heteroatoms. The second kappa shape index (κ2) is 5.01. The lowest BCUT2D eigenvalue weighted by Gasteiger charge is -2.26. The highest BCUT2D eigenvalue weighted by molar-refractivity contribution is 7.91. The highest BCUT2D eigenvalue weighted by Crippen LogP contribution is 2.29. The number of nitrogens with zero attached hydrogens (tertiary/aromatic N) is 1. The molecule has 1 atom stereocenters. The summed E-state index contributed by atoms with van der Waals surface area (Å²) >= 11 is 0. The zero-order valence-corrected chi connectivity index (χ0v) is 11.5. The average molecular weight is 305 g/mol. The van der Waals surface area contributed by atoms with Gasteiger partial charge in [0.15, 0.2) is 9.84 Å². The Labute approximate surface area is 114 Å². The fraction of sp³-hybridized carbons (Fsp3) is 0.417. The van der Waals surface area contributed by atoms with Gasteiger partial charge in [-0.1, -0.05) is 0 Å². The van der Waals surface area contributed by atoms with Crippen LogP contribution in [0.3, 0.4) is 0 Å². The van der Waals surface area contributed by atoms with Gasteiger partial charge in [-0.3, -0.25) is 0 Å². The number of rotatable bonds is 3. The van der Waals surface area contributed by atoms with Gasteiger partial charge in [0.05, 0.1) is 17.1 Å². The number of carboxylic acids is 1. The quantitative estimate of drug-likeness (QED) is 0.910. The first-order valence-corrected chi connectivity index (χ1v) is 7.69. The fourth-order valence-corrected chi connectivity index (χ4v) is 4.06. The van der Waals surface area contributed by atoms with Crippen LogP contribution in [-0.4, -0.2) is 44.1 Å². The van der Waals surface area contributed by atoms with Crippen LogP contribution in [-0.2, 0) is 9.84 Å². The standard InChI is InChI=1S/C12H13F2NO4S/c1-15(8-2-3-20(18,19)6-8)11-9(13)4-7(12(16)17)5-10(11)14/h4-5,8H,2-3,6H2,1H3,(H,16,17). The molecular weight excluding hydrogens is 292 g/mol. The molecular formula is C12H13F2NO4S. The Morgan fingerprint density at radius 2 is 1.90 bits per heavy atom. The van der Waals surface area contributed by atoms with Crippen molar-refractivity contribution in [2.75, 3.05) is 23.5 Å². The predicted molar refractivity (Wildman–Crippen MR) is 68.8 cm³/mol. The maximum absolute atomic E-state index is 13.9. The molecule has 0 aliphatic carbocycles. The van der Waals surface area contributed by atoms with Gasteiger partial charge in [-0.05, 0) is 18.6 Å². The SMILES string of the molecule is CN(c1c(F)cc(C(=O)O)cc1F)C1CCS(=O)(=O)C1.